The first-order valence-corrected chi connectivity index (χ1v) is 12.3. The highest BCUT2D eigenvalue weighted by Crippen LogP contribution is 2.24. The van der Waals surface area contributed by atoms with Crippen molar-refractivity contribution in [2.45, 2.75) is 51.6 Å². The lowest BCUT2D eigenvalue weighted by Crippen LogP contribution is -2.38. The number of hydrogen-bond acceptors (Lipinski definition) is 5. The normalized spacial score (nSPS) is 12.0. The van der Waals surface area contributed by atoms with Crippen LogP contribution in [0.5, 0.6) is 11.5 Å². The molecule has 0 radical (unpaired) electrons. The molecule has 0 aliphatic carbocycles. The number of rotatable bonds is 16. The number of amides is 2. The van der Waals surface area contributed by atoms with Crippen molar-refractivity contribution in [1.82, 2.24) is 4.90 Å². The van der Waals surface area contributed by atoms with Gasteiger partial charge in [0.2, 0.25) is 5.92 Å². The highest BCUT2D eigenvalue weighted by atomic mass is 19.3. The van der Waals surface area contributed by atoms with Gasteiger partial charge in [-0.2, -0.15) is 0 Å². The standard InChI is InChI=1S/C27H36F2N2O6/c1-4-36-24(25(32)33)19-20-11-13-21(14-12-20)37-18-17-31(16-8-7-15-27(2,28)29)26(34)30-22-9-5-6-10-23(22)35-3/h5-6,9-14,24H,4,7-8,15-19H2,1-3H3,(H,30,34)(H,32,33). The molecule has 0 fully saturated rings. The van der Waals surface area contributed by atoms with Crippen LogP contribution < -0.4 is 14.8 Å². The van der Waals surface area contributed by atoms with Gasteiger partial charge in [0.05, 0.1) is 19.3 Å². The maximum absolute atomic E-state index is 13.2. The number of halogens is 2. The Morgan fingerprint density at radius 3 is 2.41 bits per heavy atom. The zero-order valence-electron chi connectivity index (χ0n) is 21.5. The van der Waals surface area contributed by atoms with Crippen LogP contribution in [0.2, 0.25) is 0 Å². The van der Waals surface area contributed by atoms with Gasteiger partial charge in [-0.1, -0.05) is 24.3 Å². The molecule has 0 heterocycles. The fourth-order valence-electron chi connectivity index (χ4n) is 3.62. The van der Waals surface area contributed by atoms with Crippen LogP contribution in [0.25, 0.3) is 0 Å². The Hall–Kier alpha value is -3.40. The van der Waals surface area contributed by atoms with E-state index in [1.54, 1.807) is 55.5 Å². The van der Waals surface area contributed by atoms with Crippen molar-refractivity contribution in [3.05, 3.63) is 54.1 Å². The maximum Gasteiger partial charge on any atom is 0.333 e. The Kier molecular flexibility index (Phi) is 12.1. The lowest BCUT2D eigenvalue weighted by Gasteiger charge is -2.24. The number of unbranched alkanes of at least 4 members (excludes halogenated alkanes) is 1. The van der Waals surface area contributed by atoms with Crippen molar-refractivity contribution in [3.8, 4) is 11.5 Å². The van der Waals surface area contributed by atoms with Gasteiger partial charge in [0.15, 0.2) is 6.10 Å². The number of hydrogen-bond donors (Lipinski definition) is 2. The Bertz CT molecular complexity index is 982. The number of carbonyl (C=O) groups excluding carboxylic acids is 1. The number of nitrogens with one attached hydrogen (secondary N) is 1. The predicted octanol–water partition coefficient (Wildman–Crippen LogP) is 5.47. The smallest absolute Gasteiger partial charge is 0.333 e. The number of carbonyl (C=O) groups is 2. The molecule has 204 valence electrons. The summed E-state index contributed by atoms with van der Waals surface area (Å²) in [5, 5.41) is 12.1. The lowest BCUT2D eigenvalue weighted by atomic mass is 10.1. The first-order chi connectivity index (χ1) is 17.6. The van der Waals surface area contributed by atoms with Gasteiger partial charge in [-0.05, 0) is 56.5 Å². The number of aliphatic carboxylic acids is 1. The number of urea groups is 1. The lowest BCUT2D eigenvalue weighted by molar-refractivity contribution is -0.149. The summed E-state index contributed by atoms with van der Waals surface area (Å²) in [7, 11) is 1.51. The second-order valence-electron chi connectivity index (χ2n) is 8.62. The minimum Gasteiger partial charge on any atom is -0.495 e. The van der Waals surface area contributed by atoms with Crippen molar-refractivity contribution >= 4 is 17.7 Å². The van der Waals surface area contributed by atoms with Gasteiger partial charge in [0.25, 0.3) is 0 Å². The van der Waals surface area contributed by atoms with E-state index in [0.29, 0.717) is 30.2 Å². The van der Waals surface area contributed by atoms with Crippen LogP contribution in [0.15, 0.2) is 48.5 Å². The predicted molar refractivity (Wildman–Crippen MR) is 137 cm³/mol. The van der Waals surface area contributed by atoms with Crippen molar-refractivity contribution < 1.29 is 37.7 Å². The Labute approximate surface area is 216 Å². The highest BCUT2D eigenvalue weighted by Gasteiger charge is 2.21. The van der Waals surface area contributed by atoms with Gasteiger partial charge in [-0.25, -0.2) is 18.4 Å². The number of carboxylic acid groups (broad SMARTS) is 1. The molecule has 2 N–H and O–H groups in total. The SMILES string of the molecule is CCOC(Cc1ccc(OCCN(CCCCC(C)(F)F)C(=O)Nc2ccccc2OC)cc1)C(=O)O. The van der Waals surface area contributed by atoms with E-state index in [4.69, 9.17) is 14.2 Å². The summed E-state index contributed by atoms with van der Waals surface area (Å²) in [5.74, 6) is -2.70. The highest BCUT2D eigenvalue weighted by molar-refractivity contribution is 5.91. The molecular weight excluding hydrogens is 486 g/mol. The summed E-state index contributed by atoms with van der Waals surface area (Å²) in [6, 6.07) is 13.6. The summed E-state index contributed by atoms with van der Waals surface area (Å²) in [6.07, 6.45) is -0.230. The third kappa shape index (κ3) is 11.0. The van der Waals surface area contributed by atoms with Gasteiger partial charge in [-0.3, -0.25) is 0 Å². The molecule has 0 saturated carbocycles. The zero-order chi connectivity index (χ0) is 27.3. The topological polar surface area (TPSA) is 97.3 Å². The van der Waals surface area contributed by atoms with Crippen LogP contribution in [0, 0.1) is 0 Å². The molecule has 2 amide bonds. The molecular formula is C27H36F2N2O6. The van der Waals surface area contributed by atoms with E-state index >= 15 is 0 Å². The molecule has 0 bridgehead atoms. The molecule has 2 aromatic carbocycles. The van der Waals surface area contributed by atoms with Crippen LogP contribution in [-0.4, -0.2) is 67.4 Å². The van der Waals surface area contributed by atoms with Crippen LogP contribution >= 0.6 is 0 Å². The molecule has 1 atom stereocenters. The number of ether oxygens (including phenoxy) is 3. The van der Waals surface area contributed by atoms with Gasteiger partial charge < -0.3 is 29.5 Å². The van der Waals surface area contributed by atoms with Crippen LogP contribution in [0.1, 0.15) is 38.7 Å². The summed E-state index contributed by atoms with van der Waals surface area (Å²) in [6.45, 7) is 3.63. The minimum absolute atomic E-state index is 0.180. The number of anilines is 1. The number of benzene rings is 2. The first-order valence-electron chi connectivity index (χ1n) is 12.3. The van der Waals surface area contributed by atoms with Crippen molar-refractivity contribution in [2.24, 2.45) is 0 Å². The van der Waals surface area contributed by atoms with Crippen molar-refractivity contribution in [3.63, 3.8) is 0 Å². The number of methoxy groups -OCH3 is 1. The van der Waals surface area contributed by atoms with E-state index in [1.807, 2.05) is 0 Å². The minimum atomic E-state index is -2.74. The number of nitrogens with zero attached hydrogens (tertiary/aromatic N) is 1. The maximum atomic E-state index is 13.2. The van der Waals surface area contributed by atoms with Gasteiger partial charge in [0, 0.05) is 26.0 Å². The number of carboxylic acids is 1. The molecule has 0 spiro atoms. The number of alkyl halides is 2. The average Bonchev–Trinajstić information content (AvgIpc) is 2.85. The van der Waals surface area contributed by atoms with E-state index in [-0.39, 0.29) is 45.0 Å². The molecule has 0 aliphatic rings. The molecule has 37 heavy (non-hydrogen) atoms. The largest absolute Gasteiger partial charge is 0.495 e. The molecule has 0 aromatic heterocycles. The fourth-order valence-corrected chi connectivity index (χ4v) is 3.62. The summed E-state index contributed by atoms with van der Waals surface area (Å²) in [4.78, 5) is 25.8. The molecule has 8 nitrogen and oxygen atoms in total. The summed E-state index contributed by atoms with van der Waals surface area (Å²) < 4.78 is 42.7. The van der Waals surface area contributed by atoms with E-state index < -0.39 is 18.0 Å². The summed E-state index contributed by atoms with van der Waals surface area (Å²) in [5.41, 5.74) is 1.29. The number of para-hydroxylation sites is 2. The second-order valence-corrected chi connectivity index (χ2v) is 8.62. The van der Waals surface area contributed by atoms with Crippen LogP contribution in [0.4, 0.5) is 19.3 Å². The molecule has 0 saturated heterocycles. The van der Waals surface area contributed by atoms with E-state index in [2.05, 4.69) is 5.32 Å². The Morgan fingerprint density at radius 1 is 1.08 bits per heavy atom. The molecule has 10 heteroatoms. The zero-order valence-corrected chi connectivity index (χ0v) is 21.5. The quantitative estimate of drug-likeness (QED) is 0.284. The third-order valence-electron chi connectivity index (χ3n) is 5.55. The molecule has 1 unspecified atom stereocenters. The van der Waals surface area contributed by atoms with Gasteiger partial charge >= 0.3 is 12.0 Å². The summed E-state index contributed by atoms with van der Waals surface area (Å²) >= 11 is 0. The average molecular weight is 523 g/mol. The van der Waals surface area contributed by atoms with Gasteiger partial charge in [-0.15, -0.1) is 0 Å². The van der Waals surface area contributed by atoms with Crippen LogP contribution in [0.3, 0.4) is 0 Å². The van der Waals surface area contributed by atoms with Crippen molar-refractivity contribution in [2.75, 3.05) is 38.7 Å². The third-order valence-corrected chi connectivity index (χ3v) is 5.55. The molecule has 0 aliphatic heterocycles. The molecule has 2 aromatic rings. The Balaban J connectivity index is 1.96. The second kappa shape index (κ2) is 15.0. The van der Waals surface area contributed by atoms with Crippen LogP contribution in [-0.2, 0) is 16.0 Å². The van der Waals surface area contributed by atoms with Gasteiger partial charge in [0.1, 0.15) is 18.1 Å². The van der Waals surface area contributed by atoms with E-state index in [0.717, 1.165) is 12.5 Å². The van der Waals surface area contributed by atoms with E-state index in [1.165, 1.54) is 12.0 Å². The fraction of sp³-hybridized carbons (Fsp3) is 0.481. The molecule has 2 rings (SSSR count). The Morgan fingerprint density at radius 2 is 1.78 bits per heavy atom. The van der Waals surface area contributed by atoms with Crippen molar-refractivity contribution in [1.29, 1.82) is 0 Å². The first kappa shape index (κ1) is 29.8. The van der Waals surface area contributed by atoms with E-state index in [9.17, 15) is 23.5 Å². The monoisotopic (exact) mass is 522 g/mol.